The number of halogens is 1. The first-order valence-corrected chi connectivity index (χ1v) is 9.17. The second-order valence-corrected chi connectivity index (χ2v) is 6.49. The third-order valence-electron chi connectivity index (χ3n) is 4.68. The van der Waals surface area contributed by atoms with Gasteiger partial charge < -0.3 is 14.4 Å². The quantitative estimate of drug-likeness (QED) is 0.781. The number of amides is 1. The number of nitrogens with zero attached hydrogens (tertiary/aromatic N) is 2. The fourth-order valence-corrected chi connectivity index (χ4v) is 3.23. The highest BCUT2D eigenvalue weighted by atomic mass is 19.1. The lowest BCUT2D eigenvalue weighted by Gasteiger charge is -2.34. The monoisotopic (exact) mass is 372 g/mol. The summed E-state index contributed by atoms with van der Waals surface area (Å²) >= 11 is 0. The first kappa shape index (κ1) is 19.2. The van der Waals surface area contributed by atoms with Crippen molar-refractivity contribution >= 4 is 5.91 Å². The number of carbonyl (C=O) groups excluding carboxylic acids is 1. The molecule has 0 atom stereocenters. The maximum absolute atomic E-state index is 13.0. The van der Waals surface area contributed by atoms with Crippen molar-refractivity contribution in [1.29, 1.82) is 0 Å². The number of hydrogen-bond donors (Lipinski definition) is 0. The molecule has 1 amide bonds. The Bertz CT molecular complexity index is 771. The summed E-state index contributed by atoms with van der Waals surface area (Å²) in [7, 11) is 1.63. The van der Waals surface area contributed by atoms with Crippen LogP contribution in [0, 0.1) is 5.82 Å². The van der Waals surface area contributed by atoms with Crippen molar-refractivity contribution in [2.45, 2.75) is 13.5 Å². The van der Waals surface area contributed by atoms with E-state index in [4.69, 9.17) is 9.47 Å². The molecule has 0 aliphatic carbocycles. The van der Waals surface area contributed by atoms with Crippen LogP contribution in [0.3, 0.4) is 0 Å². The third-order valence-corrected chi connectivity index (χ3v) is 4.68. The molecule has 0 N–H and O–H groups in total. The predicted octanol–water partition coefficient (Wildman–Crippen LogP) is 3.19. The molecule has 0 radical (unpaired) electrons. The second-order valence-electron chi connectivity index (χ2n) is 6.49. The van der Waals surface area contributed by atoms with Crippen LogP contribution >= 0.6 is 0 Å². The molecule has 0 bridgehead atoms. The second kappa shape index (κ2) is 8.86. The number of methoxy groups -OCH3 is 1. The minimum absolute atomic E-state index is 0.0438. The van der Waals surface area contributed by atoms with Crippen molar-refractivity contribution in [3.8, 4) is 11.5 Å². The van der Waals surface area contributed by atoms with E-state index < -0.39 is 0 Å². The average Bonchev–Trinajstić information content (AvgIpc) is 2.69. The maximum atomic E-state index is 13.0. The van der Waals surface area contributed by atoms with Gasteiger partial charge in [0.2, 0.25) is 0 Å². The van der Waals surface area contributed by atoms with Gasteiger partial charge >= 0.3 is 0 Å². The van der Waals surface area contributed by atoms with Crippen LogP contribution < -0.4 is 9.47 Å². The molecule has 1 aliphatic heterocycles. The molecule has 1 heterocycles. The molecular formula is C21H25FN2O3. The molecular weight excluding hydrogens is 347 g/mol. The number of rotatable bonds is 6. The lowest BCUT2D eigenvalue weighted by Crippen LogP contribution is -2.48. The first-order chi connectivity index (χ1) is 13.1. The lowest BCUT2D eigenvalue weighted by atomic mass is 10.1. The summed E-state index contributed by atoms with van der Waals surface area (Å²) in [6.45, 7) is 6.23. The van der Waals surface area contributed by atoms with Gasteiger partial charge in [0.05, 0.1) is 13.7 Å². The summed E-state index contributed by atoms with van der Waals surface area (Å²) in [6, 6.07) is 11.7. The van der Waals surface area contributed by atoms with E-state index in [0.29, 0.717) is 25.3 Å². The van der Waals surface area contributed by atoms with E-state index in [9.17, 15) is 9.18 Å². The van der Waals surface area contributed by atoms with Crippen molar-refractivity contribution in [3.63, 3.8) is 0 Å². The van der Waals surface area contributed by atoms with Gasteiger partial charge in [-0.25, -0.2) is 4.39 Å². The zero-order valence-electron chi connectivity index (χ0n) is 15.8. The van der Waals surface area contributed by atoms with Crippen molar-refractivity contribution < 1.29 is 18.7 Å². The Balaban J connectivity index is 1.57. The largest absolute Gasteiger partial charge is 0.493 e. The molecule has 6 heteroatoms. The number of ether oxygens (including phenoxy) is 2. The summed E-state index contributed by atoms with van der Waals surface area (Å²) < 4.78 is 24.0. The van der Waals surface area contributed by atoms with Gasteiger partial charge in [0, 0.05) is 38.3 Å². The fraction of sp³-hybridized carbons (Fsp3) is 0.381. The van der Waals surface area contributed by atoms with E-state index >= 15 is 0 Å². The zero-order chi connectivity index (χ0) is 19.2. The number of hydrogen-bond acceptors (Lipinski definition) is 4. The molecule has 1 aliphatic rings. The Hall–Kier alpha value is -2.60. The van der Waals surface area contributed by atoms with Gasteiger partial charge in [0.15, 0.2) is 11.5 Å². The minimum atomic E-state index is -0.331. The molecule has 0 aromatic heterocycles. The summed E-state index contributed by atoms with van der Waals surface area (Å²) in [6.07, 6.45) is 0. The Labute approximate surface area is 159 Å². The van der Waals surface area contributed by atoms with Gasteiger partial charge in [-0.3, -0.25) is 9.69 Å². The molecule has 1 fully saturated rings. The summed E-state index contributed by atoms with van der Waals surface area (Å²) in [4.78, 5) is 16.7. The fourth-order valence-electron chi connectivity index (χ4n) is 3.23. The van der Waals surface area contributed by atoms with Crippen molar-refractivity contribution in [1.82, 2.24) is 9.80 Å². The van der Waals surface area contributed by atoms with Crippen LogP contribution in [0.5, 0.6) is 11.5 Å². The topological polar surface area (TPSA) is 42.0 Å². The van der Waals surface area contributed by atoms with Crippen molar-refractivity contribution in [2.24, 2.45) is 0 Å². The highest BCUT2D eigenvalue weighted by Gasteiger charge is 2.22. The van der Waals surface area contributed by atoms with Gasteiger partial charge in [0.1, 0.15) is 5.82 Å². The van der Waals surface area contributed by atoms with Crippen LogP contribution in [0.15, 0.2) is 42.5 Å². The third kappa shape index (κ3) is 4.77. The molecule has 0 saturated carbocycles. The Morgan fingerprint density at radius 1 is 1.04 bits per heavy atom. The molecule has 144 valence electrons. The van der Waals surface area contributed by atoms with Crippen LogP contribution in [0.2, 0.25) is 0 Å². The molecule has 0 spiro atoms. The van der Waals surface area contributed by atoms with Crippen molar-refractivity contribution in [3.05, 3.63) is 59.4 Å². The lowest BCUT2D eigenvalue weighted by molar-refractivity contribution is 0.0628. The zero-order valence-corrected chi connectivity index (χ0v) is 15.8. The van der Waals surface area contributed by atoms with E-state index in [2.05, 4.69) is 4.90 Å². The van der Waals surface area contributed by atoms with Gasteiger partial charge in [0.25, 0.3) is 5.91 Å². The van der Waals surface area contributed by atoms with E-state index in [1.165, 1.54) is 24.3 Å². The van der Waals surface area contributed by atoms with E-state index in [1.807, 2.05) is 30.0 Å². The average molecular weight is 372 g/mol. The van der Waals surface area contributed by atoms with Crippen LogP contribution in [-0.4, -0.2) is 55.6 Å². The van der Waals surface area contributed by atoms with Gasteiger partial charge in [-0.05, 0) is 48.9 Å². The molecule has 3 rings (SSSR count). The summed E-state index contributed by atoms with van der Waals surface area (Å²) in [5, 5.41) is 0. The Kier molecular flexibility index (Phi) is 6.29. The SMILES string of the molecule is CCOc1cc(CN2CCN(C(=O)c3ccc(F)cc3)CC2)ccc1OC. The van der Waals surface area contributed by atoms with Gasteiger partial charge in [-0.2, -0.15) is 0 Å². The molecule has 27 heavy (non-hydrogen) atoms. The number of benzene rings is 2. The maximum Gasteiger partial charge on any atom is 0.253 e. The highest BCUT2D eigenvalue weighted by Crippen LogP contribution is 2.28. The Morgan fingerprint density at radius 2 is 1.74 bits per heavy atom. The molecule has 5 nitrogen and oxygen atoms in total. The van der Waals surface area contributed by atoms with E-state index in [-0.39, 0.29) is 11.7 Å². The molecule has 2 aromatic rings. The van der Waals surface area contributed by atoms with Crippen molar-refractivity contribution in [2.75, 3.05) is 39.9 Å². The molecule has 1 saturated heterocycles. The molecule has 2 aromatic carbocycles. The van der Waals surface area contributed by atoms with Crippen LogP contribution in [0.1, 0.15) is 22.8 Å². The Morgan fingerprint density at radius 3 is 2.37 bits per heavy atom. The smallest absolute Gasteiger partial charge is 0.253 e. The van der Waals surface area contributed by atoms with Crippen LogP contribution in [-0.2, 0) is 6.54 Å². The standard InChI is InChI=1S/C21H25FN2O3/c1-3-27-20-14-16(4-9-19(20)26-2)15-23-10-12-24(13-11-23)21(25)17-5-7-18(22)8-6-17/h4-9,14H,3,10-13,15H2,1-2H3. The molecule has 0 unspecified atom stereocenters. The summed E-state index contributed by atoms with van der Waals surface area (Å²) in [5.74, 6) is 1.11. The van der Waals surface area contributed by atoms with Gasteiger partial charge in [-0.15, -0.1) is 0 Å². The normalized spacial score (nSPS) is 14.9. The number of piperazine rings is 1. The first-order valence-electron chi connectivity index (χ1n) is 9.17. The van der Waals surface area contributed by atoms with Crippen LogP contribution in [0.4, 0.5) is 4.39 Å². The highest BCUT2D eigenvalue weighted by molar-refractivity contribution is 5.94. The van der Waals surface area contributed by atoms with Crippen LogP contribution in [0.25, 0.3) is 0 Å². The van der Waals surface area contributed by atoms with Gasteiger partial charge in [-0.1, -0.05) is 6.07 Å². The minimum Gasteiger partial charge on any atom is -0.493 e. The number of carbonyl (C=O) groups is 1. The summed E-state index contributed by atoms with van der Waals surface area (Å²) in [5.41, 5.74) is 1.68. The predicted molar refractivity (Wildman–Crippen MR) is 102 cm³/mol. The van der Waals surface area contributed by atoms with E-state index in [0.717, 1.165) is 36.7 Å². The van der Waals surface area contributed by atoms with E-state index in [1.54, 1.807) is 7.11 Å².